The van der Waals surface area contributed by atoms with E-state index in [1.165, 1.54) is 44.9 Å². The minimum atomic E-state index is -3.81. The van der Waals surface area contributed by atoms with Crippen molar-refractivity contribution in [2.24, 2.45) is 0 Å². The zero-order valence-electron chi connectivity index (χ0n) is 14.1. The van der Waals surface area contributed by atoms with Gasteiger partial charge in [-0.05, 0) is 23.6 Å². The predicted octanol–water partition coefficient (Wildman–Crippen LogP) is 3.16. The molecule has 0 bridgehead atoms. The Kier molecular flexibility index (Phi) is 39.6. The summed E-state index contributed by atoms with van der Waals surface area (Å²) in [5.74, 6) is 0. The molecule has 0 amide bonds. The van der Waals surface area contributed by atoms with Gasteiger partial charge < -0.3 is 29.4 Å². The zero-order chi connectivity index (χ0) is 17.9. The van der Waals surface area contributed by atoms with Crippen LogP contribution in [0.5, 0.6) is 0 Å². The van der Waals surface area contributed by atoms with E-state index in [0.29, 0.717) is 0 Å². The van der Waals surface area contributed by atoms with E-state index in [1.807, 2.05) is 0 Å². The largest absolute Gasteiger partial charge is 0.325 e. The molecule has 22 heavy (non-hydrogen) atoms. The first-order valence-corrected chi connectivity index (χ1v) is 12.2. The first-order valence-electron chi connectivity index (χ1n) is 6.89. The molecule has 0 saturated carbocycles. The molecule has 0 aromatic rings. The molecule has 0 aliphatic heterocycles. The molecule has 0 aliphatic carbocycles. The minimum Gasteiger partial charge on any atom is -0.325 e. The topological polar surface area (TPSA) is 121 Å². The number of hydrogen-bond donors (Lipinski definition) is 6. The number of rotatable bonds is 5. The monoisotopic (exact) mass is 450 g/mol. The van der Waals surface area contributed by atoms with E-state index in [9.17, 15) is 0 Å². The molecule has 0 radical (unpaired) electrons. The van der Waals surface area contributed by atoms with Gasteiger partial charge in [0.15, 0.2) is 0 Å². The molecule has 136 valence electrons. The molecule has 0 unspecified atom stereocenters. The van der Waals surface area contributed by atoms with E-state index in [4.69, 9.17) is 29.4 Å². The molecule has 0 aromatic carbocycles. The zero-order valence-corrected chi connectivity index (χ0v) is 20.4. The maximum atomic E-state index is 7.56. The molecule has 11 heteroatoms. The Hall–Kier alpha value is 1.68. The van der Waals surface area contributed by atoms with Crippen molar-refractivity contribution < 1.29 is 48.8 Å². The van der Waals surface area contributed by atoms with Crippen molar-refractivity contribution >= 4 is 37.1 Å². The summed E-state index contributed by atoms with van der Waals surface area (Å²) in [6, 6.07) is 0. The SMILES string of the molecule is CCC.CCCCCCCC.OP(O)(O)=S.OP(O)(O)=S.[Zn]. The number of hydrogen-bond acceptors (Lipinski definition) is 2. The van der Waals surface area contributed by atoms with Crippen LogP contribution in [0.1, 0.15) is 72.6 Å². The van der Waals surface area contributed by atoms with Gasteiger partial charge in [-0.1, -0.05) is 72.6 Å². The Morgan fingerprint density at radius 2 is 0.727 bits per heavy atom. The Morgan fingerprint density at radius 3 is 0.818 bits per heavy atom. The first-order chi connectivity index (χ1) is 9.33. The number of unbranched alkanes of at least 4 members (excludes halogenated alkanes) is 5. The van der Waals surface area contributed by atoms with Gasteiger partial charge in [0.2, 0.25) is 0 Å². The van der Waals surface area contributed by atoms with E-state index in [2.05, 4.69) is 51.3 Å². The quantitative estimate of drug-likeness (QED) is 0.214. The van der Waals surface area contributed by atoms with Crippen molar-refractivity contribution in [3.63, 3.8) is 0 Å². The molecule has 0 spiro atoms. The summed E-state index contributed by atoms with van der Waals surface area (Å²) in [5, 5.41) is 0. The van der Waals surface area contributed by atoms with Crippen LogP contribution < -0.4 is 0 Å². The molecular weight excluding hydrogens is 420 g/mol. The molecule has 0 heterocycles. The van der Waals surface area contributed by atoms with Gasteiger partial charge in [0, 0.05) is 19.5 Å². The van der Waals surface area contributed by atoms with Gasteiger partial charge in [0.25, 0.3) is 0 Å². The summed E-state index contributed by atoms with van der Waals surface area (Å²) in [6.45, 7) is 1.15. The second-order valence-corrected chi connectivity index (χ2v) is 9.14. The van der Waals surface area contributed by atoms with E-state index < -0.39 is 13.4 Å². The van der Waals surface area contributed by atoms with Gasteiger partial charge in [-0.15, -0.1) is 0 Å². The van der Waals surface area contributed by atoms with E-state index in [1.54, 1.807) is 0 Å². The fraction of sp³-hybridized carbons (Fsp3) is 1.00. The molecule has 0 fully saturated rings. The van der Waals surface area contributed by atoms with E-state index >= 15 is 0 Å². The normalized spacial score (nSPS) is 9.73. The molecule has 0 aliphatic rings. The third-order valence-corrected chi connectivity index (χ3v) is 1.46. The van der Waals surface area contributed by atoms with Crippen LogP contribution in [-0.4, -0.2) is 29.4 Å². The van der Waals surface area contributed by atoms with Crippen LogP contribution in [0.2, 0.25) is 0 Å². The molecule has 0 saturated heterocycles. The standard InChI is InChI=1S/C8H18.C3H8.2H3O3PS.Zn/c1-3-5-7-8-6-4-2;1-3-2;2*1-4(2,3)5;/h3-8H2,1-2H3;3H2,1-2H3;2*(H3,1,2,3,5);. The van der Waals surface area contributed by atoms with Crippen molar-refractivity contribution in [3.8, 4) is 0 Å². The predicted molar refractivity (Wildman–Crippen MR) is 96.9 cm³/mol. The van der Waals surface area contributed by atoms with Crippen molar-refractivity contribution in [1.82, 2.24) is 0 Å². The molecule has 6 nitrogen and oxygen atoms in total. The third kappa shape index (κ3) is 208. The van der Waals surface area contributed by atoms with Crippen LogP contribution in [-0.2, 0) is 43.1 Å². The van der Waals surface area contributed by atoms with Crippen LogP contribution in [0, 0.1) is 0 Å². The van der Waals surface area contributed by atoms with Crippen LogP contribution in [0.3, 0.4) is 0 Å². The summed E-state index contributed by atoms with van der Waals surface area (Å²) in [6.07, 6.45) is 9.74. The van der Waals surface area contributed by atoms with Gasteiger partial charge in [-0.2, -0.15) is 0 Å². The Bertz CT molecular complexity index is 231. The summed E-state index contributed by atoms with van der Waals surface area (Å²) in [7, 11) is 0. The Labute approximate surface area is 158 Å². The van der Waals surface area contributed by atoms with Crippen molar-refractivity contribution in [3.05, 3.63) is 0 Å². The van der Waals surface area contributed by atoms with Gasteiger partial charge in [0.1, 0.15) is 0 Å². The summed E-state index contributed by atoms with van der Waals surface area (Å²) < 4.78 is 0. The maximum Gasteiger partial charge on any atom is 0.319 e. The Morgan fingerprint density at radius 1 is 0.591 bits per heavy atom. The third-order valence-electron chi connectivity index (χ3n) is 1.46. The summed E-state index contributed by atoms with van der Waals surface area (Å²) >= 11 is 7.21. The van der Waals surface area contributed by atoms with E-state index in [-0.39, 0.29) is 19.5 Å². The molecule has 6 N–H and O–H groups in total. The van der Waals surface area contributed by atoms with Gasteiger partial charge in [0.05, 0.1) is 0 Å². The summed E-state index contributed by atoms with van der Waals surface area (Å²) in [5.41, 5.74) is 0. The fourth-order valence-corrected chi connectivity index (χ4v) is 0.854. The van der Waals surface area contributed by atoms with Crippen LogP contribution in [0.15, 0.2) is 0 Å². The van der Waals surface area contributed by atoms with Crippen LogP contribution in [0.4, 0.5) is 0 Å². The second kappa shape index (κ2) is 24.9. The van der Waals surface area contributed by atoms with Gasteiger partial charge in [-0.3, -0.25) is 0 Å². The van der Waals surface area contributed by atoms with Crippen molar-refractivity contribution in [1.29, 1.82) is 0 Å². The van der Waals surface area contributed by atoms with Crippen LogP contribution in [0.25, 0.3) is 0 Å². The fourth-order valence-electron chi connectivity index (χ4n) is 0.854. The molecule has 0 aromatic heterocycles. The maximum absolute atomic E-state index is 7.56. The Balaban J connectivity index is -0.0000000610. The van der Waals surface area contributed by atoms with Gasteiger partial charge in [-0.25, -0.2) is 0 Å². The van der Waals surface area contributed by atoms with Crippen molar-refractivity contribution in [2.75, 3.05) is 0 Å². The molecular formula is C11H32O6P2S2Zn. The van der Waals surface area contributed by atoms with Crippen LogP contribution >= 0.6 is 13.4 Å². The summed E-state index contributed by atoms with van der Waals surface area (Å²) in [4.78, 5) is 45.3. The van der Waals surface area contributed by atoms with Crippen molar-refractivity contribution in [2.45, 2.75) is 72.6 Å². The smallest absolute Gasteiger partial charge is 0.319 e. The molecule has 0 rings (SSSR count). The average Bonchev–Trinajstić information content (AvgIpc) is 2.21. The average molecular weight is 452 g/mol. The minimum absolute atomic E-state index is 0. The second-order valence-electron chi connectivity index (χ2n) is 4.15. The van der Waals surface area contributed by atoms with E-state index in [0.717, 1.165) is 0 Å². The van der Waals surface area contributed by atoms with Gasteiger partial charge >= 0.3 is 13.4 Å². The first kappa shape index (κ1) is 34.9. The molecule has 0 atom stereocenters.